The monoisotopic (exact) mass is 281 g/mol. The molecule has 0 radical (unpaired) electrons. The van der Waals surface area contributed by atoms with Gasteiger partial charge in [-0.1, -0.05) is 31.0 Å². The van der Waals surface area contributed by atoms with Crippen LogP contribution in [0, 0.1) is 16.7 Å². The molecule has 4 nitrogen and oxygen atoms in total. The molecular weight excluding hydrogens is 262 g/mol. The van der Waals surface area contributed by atoms with Crippen molar-refractivity contribution < 1.29 is 4.79 Å². The zero-order valence-corrected chi connectivity index (χ0v) is 12.0. The summed E-state index contributed by atoms with van der Waals surface area (Å²) in [5.41, 5.74) is 1.53. The van der Waals surface area contributed by atoms with Crippen molar-refractivity contribution in [3.8, 4) is 6.07 Å². The Kier molecular flexibility index (Phi) is 3.66. The van der Waals surface area contributed by atoms with Gasteiger partial charge in [0, 0.05) is 23.6 Å². The highest BCUT2D eigenvalue weighted by atomic mass is 16.2. The molecule has 2 N–H and O–H groups in total. The summed E-state index contributed by atoms with van der Waals surface area (Å²) in [6.07, 6.45) is 6.11. The lowest BCUT2D eigenvalue weighted by Crippen LogP contribution is -2.39. The number of aromatic amines is 1. The van der Waals surface area contributed by atoms with Crippen LogP contribution >= 0.6 is 0 Å². The number of hydrogen-bond acceptors (Lipinski definition) is 2. The first kappa shape index (κ1) is 13.7. The normalized spacial score (nSPS) is 16.7. The van der Waals surface area contributed by atoms with E-state index < -0.39 is 5.41 Å². The molecule has 0 saturated heterocycles. The van der Waals surface area contributed by atoms with Gasteiger partial charge in [-0.2, -0.15) is 5.26 Å². The minimum absolute atomic E-state index is 0.0951. The second-order valence-electron chi connectivity index (χ2n) is 5.77. The number of carbonyl (C=O) groups is 1. The molecule has 1 aliphatic carbocycles. The Hall–Kier alpha value is -2.28. The number of nitrogens with one attached hydrogen (secondary N) is 2. The van der Waals surface area contributed by atoms with Crippen molar-refractivity contribution in [2.75, 3.05) is 6.54 Å². The molecule has 21 heavy (non-hydrogen) atoms. The number of fused-ring (bicyclic) bond motifs is 1. The van der Waals surface area contributed by atoms with Crippen molar-refractivity contribution in [1.82, 2.24) is 10.3 Å². The number of H-pyrrole nitrogens is 1. The number of hydrogen-bond donors (Lipinski definition) is 2. The summed E-state index contributed by atoms with van der Waals surface area (Å²) >= 11 is 0. The third-order valence-corrected chi connectivity index (χ3v) is 4.46. The Morgan fingerprint density at radius 3 is 2.86 bits per heavy atom. The molecule has 2 aromatic rings. The molecule has 0 bridgehead atoms. The molecule has 1 heterocycles. The zero-order chi connectivity index (χ0) is 14.7. The van der Waals surface area contributed by atoms with E-state index in [0.717, 1.165) is 24.8 Å². The lowest BCUT2D eigenvalue weighted by atomic mass is 9.87. The van der Waals surface area contributed by atoms with Gasteiger partial charge >= 0.3 is 0 Å². The van der Waals surface area contributed by atoms with Gasteiger partial charge in [0.2, 0.25) is 5.91 Å². The van der Waals surface area contributed by atoms with Gasteiger partial charge in [-0.05, 0) is 30.9 Å². The fourth-order valence-corrected chi connectivity index (χ4v) is 3.19. The summed E-state index contributed by atoms with van der Waals surface area (Å²) in [7, 11) is 0. The molecule has 0 spiro atoms. The Morgan fingerprint density at radius 2 is 2.10 bits per heavy atom. The van der Waals surface area contributed by atoms with Crippen LogP contribution in [0.3, 0.4) is 0 Å². The lowest BCUT2D eigenvalue weighted by molar-refractivity contribution is -0.127. The van der Waals surface area contributed by atoms with Gasteiger partial charge in [-0.15, -0.1) is 0 Å². The summed E-state index contributed by atoms with van der Waals surface area (Å²) in [6.45, 7) is 0.574. The van der Waals surface area contributed by atoms with Gasteiger partial charge in [0.25, 0.3) is 0 Å². The fourth-order valence-electron chi connectivity index (χ4n) is 3.19. The Bertz CT molecular complexity index is 689. The van der Waals surface area contributed by atoms with E-state index in [9.17, 15) is 10.1 Å². The largest absolute Gasteiger partial charge is 0.361 e. The number of benzene rings is 1. The first-order valence-electron chi connectivity index (χ1n) is 7.50. The predicted octanol–water partition coefficient (Wildman–Crippen LogP) is 2.91. The van der Waals surface area contributed by atoms with Gasteiger partial charge < -0.3 is 10.3 Å². The molecule has 108 valence electrons. The lowest BCUT2D eigenvalue weighted by Gasteiger charge is -2.19. The van der Waals surface area contributed by atoms with E-state index in [4.69, 9.17) is 0 Å². The summed E-state index contributed by atoms with van der Waals surface area (Å²) < 4.78 is 0. The number of para-hydroxylation sites is 1. The number of carbonyl (C=O) groups excluding carboxylic acids is 1. The van der Waals surface area contributed by atoms with Gasteiger partial charge in [0.05, 0.1) is 6.07 Å². The van der Waals surface area contributed by atoms with Gasteiger partial charge in [0.15, 0.2) is 0 Å². The molecular formula is C17H19N3O. The number of nitrogens with zero attached hydrogens (tertiary/aromatic N) is 1. The van der Waals surface area contributed by atoms with Crippen molar-refractivity contribution in [3.05, 3.63) is 36.0 Å². The van der Waals surface area contributed by atoms with Crippen LogP contribution in [-0.2, 0) is 11.2 Å². The number of nitriles is 1. The zero-order valence-electron chi connectivity index (χ0n) is 12.0. The molecule has 1 saturated carbocycles. The highest BCUT2D eigenvalue weighted by Crippen LogP contribution is 2.37. The Labute approximate surface area is 124 Å². The summed E-state index contributed by atoms with van der Waals surface area (Å²) in [4.78, 5) is 15.5. The van der Waals surface area contributed by atoms with E-state index in [0.29, 0.717) is 19.4 Å². The standard InChI is InChI=1S/C17H19N3O/c18-12-17(8-3-4-9-17)16(21)19-10-7-13-11-20-15-6-2-1-5-14(13)15/h1-2,5-6,11,20H,3-4,7-10H2,(H,19,21). The second-order valence-corrected chi connectivity index (χ2v) is 5.77. The third-order valence-electron chi connectivity index (χ3n) is 4.46. The minimum atomic E-state index is -0.778. The minimum Gasteiger partial charge on any atom is -0.361 e. The first-order valence-corrected chi connectivity index (χ1v) is 7.50. The van der Waals surface area contributed by atoms with E-state index >= 15 is 0 Å². The maximum Gasteiger partial charge on any atom is 0.240 e. The summed E-state index contributed by atoms with van der Waals surface area (Å²) in [5, 5.41) is 13.4. The fraction of sp³-hybridized carbons (Fsp3) is 0.412. The van der Waals surface area contributed by atoms with Crippen molar-refractivity contribution in [2.45, 2.75) is 32.1 Å². The average molecular weight is 281 g/mol. The smallest absolute Gasteiger partial charge is 0.240 e. The Morgan fingerprint density at radius 1 is 1.33 bits per heavy atom. The van der Waals surface area contributed by atoms with Gasteiger partial charge in [-0.3, -0.25) is 4.79 Å². The van der Waals surface area contributed by atoms with Crippen molar-refractivity contribution in [2.24, 2.45) is 5.41 Å². The quantitative estimate of drug-likeness (QED) is 0.904. The second kappa shape index (κ2) is 5.61. The van der Waals surface area contributed by atoms with Crippen molar-refractivity contribution >= 4 is 16.8 Å². The van der Waals surface area contributed by atoms with Crippen LogP contribution in [0.5, 0.6) is 0 Å². The molecule has 4 heteroatoms. The predicted molar refractivity (Wildman–Crippen MR) is 81.5 cm³/mol. The van der Waals surface area contributed by atoms with Crippen LogP contribution in [-0.4, -0.2) is 17.4 Å². The van der Waals surface area contributed by atoms with Crippen molar-refractivity contribution in [1.29, 1.82) is 5.26 Å². The van der Waals surface area contributed by atoms with Crippen LogP contribution in [0.15, 0.2) is 30.5 Å². The average Bonchev–Trinajstić information content (AvgIpc) is 3.15. The van der Waals surface area contributed by atoms with Crippen LogP contribution in [0.2, 0.25) is 0 Å². The van der Waals surface area contributed by atoms with Crippen LogP contribution in [0.4, 0.5) is 0 Å². The van der Waals surface area contributed by atoms with Gasteiger partial charge in [0.1, 0.15) is 5.41 Å². The topological polar surface area (TPSA) is 68.7 Å². The molecule has 1 aliphatic rings. The highest BCUT2D eigenvalue weighted by Gasteiger charge is 2.41. The maximum absolute atomic E-state index is 12.2. The van der Waals surface area contributed by atoms with E-state index in [1.54, 1.807) is 0 Å². The first-order chi connectivity index (χ1) is 10.2. The molecule has 1 amide bonds. The molecule has 1 aromatic heterocycles. The molecule has 1 fully saturated rings. The number of rotatable bonds is 4. The Balaban J connectivity index is 1.61. The van der Waals surface area contributed by atoms with Crippen LogP contribution in [0.1, 0.15) is 31.2 Å². The highest BCUT2D eigenvalue weighted by molar-refractivity contribution is 5.86. The maximum atomic E-state index is 12.2. The van der Waals surface area contributed by atoms with E-state index in [1.165, 1.54) is 10.9 Å². The van der Waals surface area contributed by atoms with E-state index in [2.05, 4.69) is 22.4 Å². The molecule has 0 aliphatic heterocycles. The SMILES string of the molecule is N#CC1(C(=O)NCCc2c[nH]c3ccccc23)CCCC1. The molecule has 1 aromatic carbocycles. The third kappa shape index (κ3) is 2.52. The summed E-state index contributed by atoms with van der Waals surface area (Å²) in [5.74, 6) is -0.0951. The molecule has 0 unspecified atom stereocenters. The van der Waals surface area contributed by atoms with Crippen LogP contribution < -0.4 is 5.32 Å². The van der Waals surface area contributed by atoms with Gasteiger partial charge in [-0.25, -0.2) is 0 Å². The number of amides is 1. The number of aromatic nitrogens is 1. The van der Waals surface area contributed by atoms with Crippen molar-refractivity contribution in [3.63, 3.8) is 0 Å². The van der Waals surface area contributed by atoms with Crippen LogP contribution in [0.25, 0.3) is 10.9 Å². The van der Waals surface area contributed by atoms with E-state index in [1.807, 2.05) is 24.4 Å². The van der Waals surface area contributed by atoms with E-state index in [-0.39, 0.29) is 5.91 Å². The molecule has 0 atom stereocenters. The summed E-state index contributed by atoms with van der Waals surface area (Å²) in [6, 6.07) is 10.4. The molecule has 3 rings (SSSR count).